The number of aliphatic hydroxyl groups is 1. The van der Waals surface area contributed by atoms with Crippen LogP contribution in [0.4, 0.5) is 0 Å². The zero-order chi connectivity index (χ0) is 23.8. The first kappa shape index (κ1) is 24.1. The summed E-state index contributed by atoms with van der Waals surface area (Å²) in [4.78, 5) is 12.4. The lowest BCUT2D eigenvalue weighted by molar-refractivity contribution is -0.181. The average Bonchev–Trinajstić information content (AvgIpc) is 3.46. The molecule has 5 nitrogen and oxygen atoms in total. The lowest BCUT2D eigenvalue weighted by atomic mass is 9.52. The number of esters is 1. The van der Waals surface area contributed by atoms with E-state index in [4.69, 9.17) is 9.47 Å². The Bertz CT molecular complexity index is 784. The second-order valence-corrected chi connectivity index (χ2v) is 13.4. The Morgan fingerprint density at radius 1 is 1.12 bits per heavy atom. The van der Waals surface area contributed by atoms with Crippen LogP contribution in [-0.2, 0) is 14.3 Å². The Hall–Kier alpha value is -0.650. The molecule has 33 heavy (non-hydrogen) atoms. The Labute approximate surface area is 200 Å². The standard InChI is InChI=1S/C28H47NO4/c1-7-26(5)12-13-28-16-27(28)11-10-22(30)25(3,4)20(27)8-9-21(28)29-15-19-23(26)17(2)14-18(33-19)24(31)32-6/h17-23,29-30H,7-16H2,1-6H3/t17-,18?,19?,20?,21-,22+,23?,26-,27-,28+/m1/s1. The van der Waals surface area contributed by atoms with Crippen LogP contribution < -0.4 is 5.32 Å². The molecule has 5 aliphatic rings. The normalized spacial score (nSPS) is 53.1. The number of nitrogens with one attached hydrogen (secondary N) is 1. The predicted octanol–water partition coefficient (Wildman–Crippen LogP) is 4.70. The van der Waals surface area contributed by atoms with Gasteiger partial charge in [-0.2, -0.15) is 0 Å². The van der Waals surface area contributed by atoms with Crippen molar-refractivity contribution in [2.45, 2.75) is 117 Å². The van der Waals surface area contributed by atoms with Crippen molar-refractivity contribution < 1.29 is 19.4 Å². The van der Waals surface area contributed by atoms with Crippen LogP contribution in [-0.4, -0.2) is 49.1 Å². The molecule has 3 aliphatic carbocycles. The molecule has 10 atom stereocenters. The predicted molar refractivity (Wildman–Crippen MR) is 129 cm³/mol. The third-order valence-electron chi connectivity index (χ3n) is 11.9. The molecule has 0 aromatic rings. The minimum Gasteiger partial charge on any atom is -0.467 e. The lowest BCUT2D eigenvalue weighted by Crippen LogP contribution is -2.56. The fraction of sp³-hybridized carbons (Fsp3) is 0.964. The monoisotopic (exact) mass is 461 g/mol. The van der Waals surface area contributed by atoms with Gasteiger partial charge in [0.15, 0.2) is 6.10 Å². The molecule has 2 N–H and O–H groups in total. The first-order valence-electron chi connectivity index (χ1n) is 13.7. The van der Waals surface area contributed by atoms with Crippen LogP contribution in [0.5, 0.6) is 0 Å². The van der Waals surface area contributed by atoms with E-state index in [2.05, 4.69) is 39.9 Å². The van der Waals surface area contributed by atoms with Crippen molar-refractivity contribution >= 4 is 5.97 Å². The van der Waals surface area contributed by atoms with E-state index in [0.717, 1.165) is 25.8 Å². The van der Waals surface area contributed by atoms with Crippen molar-refractivity contribution in [2.75, 3.05) is 13.7 Å². The van der Waals surface area contributed by atoms with Crippen LogP contribution in [0.3, 0.4) is 0 Å². The molecule has 2 aliphatic heterocycles. The number of ether oxygens (including phenoxy) is 2. The van der Waals surface area contributed by atoms with E-state index in [1.54, 1.807) is 0 Å². The Kier molecular flexibility index (Phi) is 5.78. The number of rotatable bonds is 2. The number of methoxy groups -OCH3 is 1. The number of aliphatic hydroxyl groups excluding tert-OH is 1. The molecule has 0 aromatic carbocycles. The zero-order valence-electron chi connectivity index (χ0n) is 21.8. The molecule has 0 bridgehead atoms. The van der Waals surface area contributed by atoms with Crippen LogP contribution >= 0.6 is 0 Å². The van der Waals surface area contributed by atoms with Gasteiger partial charge in [-0.05, 0) is 90.8 Å². The highest BCUT2D eigenvalue weighted by atomic mass is 16.6. The van der Waals surface area contributed by atoms with Crippen LogP contribution in [0.2, 0.25) is 0 Å². The molecule has 0 amide bonds. The van der Waals surface area contributed by atoms with Crippen molar-refractivity contribution in [3.8, 4) is 0 Å². The van der Waals surface area contributed by atoms with Gasteiger partial charge in [0, 0.05) is 12.6 Å². The summed E-state index contributed by atoms with van der Waals surface area (Å²) in [5.74, 6) is 1.28. The van der Waals surface area contributed by atoms with E-state index in [-0.39, 0.29) is 29.0 Å². The van der Waals surface area contributed by atoms with Crippen molar-refractivity contribution in [1.29, 1.82) is 0 Å². The van der Waals surface area contributed by atoms with E-state index in [9.17, 15) is 9.90 Å². The van der Waals surface area contributed by atoms with E-state index in [0.29, 0.717) is 34.6 Å². The summed E-state index contributed by atoms with van der Waals surface area (Å²) >= 11 is 0. The van der Waals surface area contributed by atoms with Gasteiger partial charge < -0.3 is 19.9 Å². The van der Waals surface area contributed by atoms with Gasteiger partial charge in [-0.15, -0.1) is 0 Å². The highest BCUT2D eigenvalue weighted by molar-refractivity contribution is 5.74. The molecule has 0 aromatic heterocycles. The third kappa shape index (κ3) is 3.31. The molecule has 188 valence electrons. The second kappa shape index (κ2) is 7.93. The molecule has 2 spiro atoms. The van der Waals surface area contributed by atoms with E-state index < -0.39 is 6.10 Å². The lowest BCUT2D eigenvalue weighted by Gasteiger charge is -2.54. The van der Waals surface area contributed by atoms with Crippen molar-refractivity contribution in [2.24, 2.45) is 39.4 Å². The van der Waals surface area contributed by atoms with Gasteiger partial charge in [-0.3, -0.25) is 0 Å². The SMILES string of the molecule is CC[C@]1(C)CC[C@@]23C[C@@]24CC[C@H](O)C(C)(C)C4CC[C@H]3NCC2OC(C(=O)OC)C[C@@H](C)C21. The molecular weight excluding hydrogens is 414 g/mol. The molecule has 3 saturated carbocycles. The smallest absolute Gasteiger partial charge is 0.334 e. The molecular formula is C28H47NO4. The van der Waals surface area contributed by atoms with E-state index in [1.807, 2.05) is 0 Å². The highest BCUT2D eigenvalue weighted by Gasteiger charge is 2.77. The van der Waals surface area contributed by atoms with Gasteiger partial charge in [0.25, 0.3) is 0 Å². The molecule has 5 heteroatoms. The summed E-state index contributed by atoms with van der Waals surface area (Å²) in [6, 6.07) is 0.525. The largest absolute Gasteiger partial charge is 0.467 e. The van der Waals surface area contributed by atoms with Crippen molar-refractivity contribution in [1.82, 2.24) is 5.32 Å². The van der Waals surface area contributed by atoms with Gasteiger partial charge in [0.2, 0.25) is 0 Å². The number of fused-ring (bicyclic) bond motifs is 1. The maximum Gasteiger partial charge on any atom is 0.334 e. The van der Waals surface area contributed by atoms with Crippen molar-refractivity contribution in [3.63, 3.8) is 0 Å². The first-order chi connectivity index (χ1) is 15.5. The number of carbonyl (C=O) groups excluding carboxylic acids is 1. The molecule has 4 unspecified atom stereocenters. The molecule has 2 saturated heterocycles. The van der Waals surface area contributed by atoms with Crippen molar-refractivity contribution in [3.05, 3.63) is 0 Å². The number of hydrogen-bond donors (Lipinski definition) is 2. The van der Waals surface area contributed by atoms with Gasteiger partial charge >= 0.3 is 5.97 Å². The van der Waals surface area contributed by atoms with Crippen LogP contribution in [0.15, 0.2) is 0 Å². The van der Waals surface area contributed by atoms with Gasteiger partial charge in [-0.25, -0.2) is 4.79 Å². The molecule has 0 radical (unpaired) electrons. The second-order valence-electron chi connectivity index (χ2n) is 13.4. The molecule has 5 fully saturated rings. The molecule has 5 rings (SSSR count). The summed E-state index contributed by atoms with van der Waals surface area (Å²) < 4.78 is 11.6. The Morgan fingerprint density at radius 3 is 2.58 bits per heavy atom. The van der Waals surface area contributed by atoms with E-state index in [1.165, 1.54) is 45.6 Å². The summed E-state index contributed by atoms with van der Waals surface area (Å²) in [6.07, 6.45) is 9.75. The van der Waals surface area contributed by atoms with Crippen LogP contribution in [0.25, 0.3) is 0 Å². The summed E-state index contributed by atoms with van der Waals surface area (Å²) in [7, 11) is 1.47. The minimum atomic E-state index is -0.437. The van der Waals surface area contributed by atoms with Crippen LogP contribution in [0.1, 0.15) is 92.4 Å². The van der Waals surface area contributed by atoms with Gasteiger partial charge in [0.05, 0.1) is 19.3 Å². The summed E-state index contributed by atoms with van der Waals surface area (Å²) in [6.45, 7) is 12.6. The van der Waals surface area contributed by atoms with Gasteiger partial charge in [0.1, 0.15) is 0 Å². The van der Waals surface area contributed by atoms with E-state index >= 15 is 0 Å². The maximum atomic E-state index is 12.4. The fourth-order valence-corrected chi connectivity index (χ4v) is 9.89. The average molecular weight is 462 g/mol. The minimum absolute atomic E-state index is 0.0125. The molecule has 2 heterocycles. The van der Waals surface area contributed by atoms with Gasteiger partial charge in [-0.1, -0.05) is 41.0 Å². The Balaban J connectivity index is 1.46. The highest BCUT2D eigenvalue weighted by Crippen LogP contribution is 2.81. The zero-order valence-corrected chi connectivity index (χ0v) is 21.8. The summed E-state index contributed by atoms with van der Waals surface area (Å²) in [5.41, 5.74) is 0.981. The topological polar surface area (TPSA) is 67.8 Å². The number of hydrogen-bond acceptors (Lipinski definition) is 5. The third-order valence-corrected chi connectivity index (χ3v) is 11.9. The quantitative estimate of drug-likeness (QED) is 0.583. The fourth-order valence-electron chi connectivity index (χ4n) is 9.89. The van der Waals surface area contributed by atoms with Crippen LogP contribution in [0, 0.1) is 39.4 Å². The number of carbonyl (C=O) groups is 1. The maximum absolute atomic E-state index is 12.4. The Morgan fingerprint density at radius 2 is 1.88 bits per heavy atom. The first-order valence-corrected chi connectivity index (χ1v) is 13.7. The summed E-state index contributed by atoms with van der Waals surface area (Å²) in [5, 5.41) is 14.9.